The number of rotatable bonds is 3. The minimum atomic E-state index is -4.59. The highest BCUT2D eigenvalue weighted by Crippen LogP contribution is 2.18. The van der Waals surface area contributed by atoms with Crippen molar-refractivity contribution in [3.63, 3.8) is 0 Å². The lowest BCUT2D eigenvalue weighted by atomic mass is 10.2. The highest BCUT2D eigenvalue weighted by Gasteiger charge is 2.36. The Balaban J connectivity index is 4.86. The van der Waals surface area contributed by atoms with Crippen LogP contribution >= 0.6 is 0 Å². The van der Waals surface area contributed by atoms with Crippen molar-refractivity contribution in [2.75, 3.05) is 27.2 Å². The van der Waals surface area contributed by atoms with Gasteiger partial charge in [0, 0.05) is 14.1 Å². The summed E-state index contributed by atoms with van der Waals surface area (Å²) in [7, 11) is 2.78. The number of hydrogen-bond acceptors (Lipinski definition) is 3. The third-order valence-electron chi connectivity index (χ3n) is 1.85. The molecule has 0 fully saturated rings. The van der Waals surface area contributed by atoms with Crippen LogP contribution < -0.4 is 0 Å². The second-order valence-electron chi connectivity index (χ2n) is 5.24. The maximum atomic E-state index is 12.4. The van der Waals surface area contributed by atoms with E-state index in [1.54, 1.807) is 0 Å². The fourth-order valence-corrected chi connectivity index (χ4v) is 1.03. The van der Waals surface area contributed by atoms with Crippen LogP contribution in [-0.4, -0.2) is 60.8 Å². The number of carbonyl (C=O) groups is 2. The lowest BCUT2D eigenvalue weighted by Crippen LogP contribution is -2.46. The predicted molar refractivity (Wildman–Crippen MR) is 62.6 cm³/mol. The van der Waals surface area contributed by atoms with Crippen molar-refractivity contribution in [2.45, 2.75) is 32.5 Å². The Kier molecular flexibility index (Phi) is 5.64. The normalized spacial score (nSPS) is 12.0. The monoisotopic (exact) mass is 284 g/mol. The molecule has 8 heteroatoms. The average molecular weight is 284 g/mol. The molecule has 0 aliphatic heterocycles. The van der Waals surface area contributed by atoms with E-state index in [9.17, 15) is 22.8 Å². The fourth-order valence-electron chi connectivity index (χ4n) is 1.03. The molecular formula is C11H19F3N2O3. The van der Waals surface area contributed by atoms with E-state index in [2.05, 4.69) is 0 Å². The Labute approximate surface area is 110 Å². The molecule has 0 N–H and O–H groups in total. The van der Waals surface area contributed by atoms with E-state index >= 15 is 0 Å². The van der Waals surface area contributed by atoms with Crippen LogP contribution in [0.4, 0.5) is 18.0 Å². The fraction of sp³-hybridized carbons (Fsp3) is 0.818. The summed E-state index contributed by atoms with van der Waals surface area (Å²) >= 11 is 0. The SMILES string of the molecule is CN(C)C(=O)CN(CC(F)(F)F)C(=O)OC(C)(C)C. The van der Waals surface area contributed by atoms with Gasteiger partial charge in [-0.2, -0.15) is 13.2 Å². The van der Waals surface area contributed by atoms with Crippen LogP contribution in [0.25, 0.3) is 0 Å². The Bertz CT molecular complexity index is 335. The zero-order valence-electron chi connectivity index (χ0n) is 11.7. The van der Waals surface area contributed by atoms with Gasteiger partial charge in [0.1, 0.15) is 18.7 Å². The smallest absolute Gasteiger partial charge is 0.411 e. The summed E-state index contributed by atoms with van der Waals surface area (Å²) in [6.07, 6.45) is -5.76. The molecule has 0 atom stereocenters. The molecule has 0 rings (SSSR count). The second kappa shape index (κ2) is 6.12. The highest BCUT2D eigenvalue weighted by molar-refractivity contribution is 5.82. The van der Waals surface area contributed by atoms with Crippen LogP contribution in [0.2, 0.25) is 0 Å². The summed E-state index contributed by atoms with van der Waals surface area (Å²) in [6, 6.07) is 0. The lowest BCUT2D eigenvalue weighted by molar-refractivity contribution is -0.149. The first-order valence-corrected chi connectivity index (χ1v) is 5.56. The first-order valence-electron chi connectivity index (χ1n) is 5.56. The number of carbonyl (C=O) groups excluding carboxylic acids is 2. The number of hydrogen-bond donors (Lipinski definition) is 0. The summed E-state index contributed by atoms with van der Waals surface area (Å²) in [4.78, 5) is 24.5. The molecule has 0 saturated heterocycles. The van der Waals surface area contributed by atoms with Gasteiger partial charge in [0.15, 0.2) is 0 Å². The van der Waals surface area contributed by atoms with Crippen LogP contribution in [0.3, 0.4) is 0 Å². The number of alkyl halides is 3. The van der Waals surface area contributed by atoms with Crippen molar-refractivity contribution in [3.8, 4) is 0 Å². The van der Waals surface area contributed by atoms with Crippen molar-refractivity contribution >= 4 is 12.0 Å². The van der Waals surface area contributed by atoms with Gasteiger partial charge in [0.2, 0.25) is 5.91 Å². The van der Waals surface area contributed by atoms with Gasteiger partial charge < -0.3 is 9.64 Å². The zero-order chi connectivity index (χ0) is 15.4. The molecule has 0 spiro atoms. The summed E-state index contributed by atoms with van der Waals surface area (Å²) in [5.74, 6) is -0.616. The molecule has 0 aromatic rings. The van der Waals surface area contributed by atoms with Crippen molar-refractivity contribution < 1.29 is 27.5 Å². The summed E-state index contributed by atoms with van der Waals surface area (Å²) in [6.45, 7) is 2.39. The average Bonchev–Trinajstić information content (AvgIpc) is 2.11. The van der Waals surface area contributed by atoms with Crippen LogP contribution in [0.15, 0.2) is 0 Å². The van der Waals surface area contributed by atoms with Gasteiger partial charge >= 0.3 is 12.3 Å². The van der Waals surface area contributed by atoms with Gasteiger partial charge in [-0.25, -0.2) is 4.79 Å². The van der Waals surface area contributed by atoms with Gasteiger partial charge in [-0.05, 0) is 20.8 Å². The van der Waals surface area contributed by atoms with Gasteiger partial charge in [-0.3, -0.25) is 9.69 Å². The van der Waals surface area contributed by atoms with E-state index in [0.717, 1.165) is 4.90 Å². The van der Waals surface area contributed by atoms with Gasteiger partial charge in [-0.1, -0.05) is 0 Å². The summed E-state index contributed by atoms with van der Waals surface area (Å²) < 4.78 is 42.0. The van der Waals surface area contributed by atoms with Crippen LogP contribution in [0, 0.1) is 0 Å². The first-order chi connectivity index (χ1) is 8.32. The van der Waals surface area contributed by atoms with Crippen molar-refractivity contribution in [1.29, 1.82) is 0 Å². The van der Waals surface area contributed by atoms with Gasteiger partial charge in [-0.15, -0.1) is 0 Å². The predicted octanol–water partition coefficient (Wildman–Crippen LogP) is 1.87. The number of ether oxygens (including phenoxy) is 1. The van der Waals surface area contributed by atoms with Gasteiger partial charge in [0.05, 0.1) is 0 Å². The van der Waals surface area contributed by atoms with Crippen LogP contribution in [0.5, 0.6) is 0 Å². The molecule has 0 aliphatic rings. The van der Waals surface area contributed by atoms with E-state index in [1.165, 1.54) is 34.9 Å². The highest BCUT2D eigenvalue weighted by atomic mass is 19.4. The van der Waals surface area contributed by atoms with E-state index in [4.69, 9.17) is 4.74 Å². The van der Waals surface area contributed by atoms with E-state index in [1.807, 2.05) is 0 Å². The summed E-state index contributed by atoms with van der Waals surface area (Å²) in [5.41, 5.74) is -0.928. The Morgan fingerprint density at radius 1 is 1.11 bits per heavy atom. The zero-order valence-corrected chi connectivity index (χ0v) is 11.7. The molecule has 0 saturated carbocycles. The molecule has 5 nitrogen and oxygen atoms in total. The molecule has 0 aromatic carbocycles. The second-order valence-corrected chi connectivity index (χ2v) is 5.24. The van der Waals surface area contributed by atoms with Crippen molar-refractivity contribution in [3.05, 3.63) is 0 Å². The Morgan fingerprint density at radius 3 is 1.89 bits per heavy atom. The summed E-state index contributed by atoms with van der Waals surface area (Å²) in [5, 5.41) is 0. The van der Waals surface area contributed by atoms with E-state index in [0.29, 0.717) is 4.90 Å². The maximum Gasteiger partial charge on any atom is 0.411 e. The number of halogens is 3. The lowest BCUT2D eigenvalue weighted by Gasteiger charge is -2.28. The molecule has 112 valence electrons. The molecule has 0 aromatic heterocycles. The van der Waals surface area contributed by atoms with E-state index < -0.39 is 36.9 Å². The van der Waals surface area contributed by atoms with Crippen LogP contribution in [0.1, 0.15) is 20.8 Å². The standard InChI is InChI=1S/C11H19F3N2O3/c1-10(2,3)19-9(18)16(7-11(12,13)14)6-8(17)15(4)5/h6-7H2,1-5H3. The number of amides is 2. The largest absolute Gasteiger partial charge is 0.444 e. The topological polar surface area (TPSA) is 49.9 Å². The molecule has 0 bridgehead atoms. The molecule has 0 radical (unpaired) electrons. The first kappa shape index (κ1) is 17.5. The quantitative estimate of drug-likeness (QED) is 0.795. The molecule has 0 unspecified atom stereocenters. The molecule has 2 amide bonds. The third kappa shape index (κ3) is 8.28. The number of nitrogens with zero attached hydrogens (tertiary/aromatic N) is 2. The molecule has 0 heterocycles. The minimum Gasteiger partial charge on any atom is -0.444 e. The Morgan fingerprint density at radius 2 is 1.58 bits per heavy atom. The molecular weight excluding hydrogens is 265 g/mol. The maximum absolute atomic E-state index is 12.4. The minimum absolute atomic E-state index is 0.341. The third-order valence-corrected chi connectivity index (χ3v) is 1.85. The van der Waals surface area contributed by atoms with Gasteiger partial charge in [0.25, 0.3) is 0 Å². The Hall–Kier alpha value is -1.47. The van der Waals surface area contributed by atoms with Crippen molar-refractivity contribution in [2.24, 2.45) is 0 Å². The molecule has 19 heavy (non-hydrogen) atoms. The number of likely N-dealkylation sites (N-methyl/N-ethyl adjacent to an activating group) is 1. The molecule has 0 aliphatic carbocycles. The van der Waals surface area contributed by atoms with Crippen LogP contribution in [-0.2, 0) is 9.53 Å². The van der Waals surface area contributed by atoms with Crippen molar-refractivity contribution in [1.82, 2.24) is 9.80 Å². The van der Waals surface area contributed by atoms with E-state index in [-0.39, 0.29) is 0 Å².